The van der Waals surface area contributed by atoms with Crippen molar-refractivity contribution >= 4 is 83.7 Å². The lowest BCUT2D eigenvalue weighted by Gasteiger charge is -2.64. The molecule has 388 valence electrons. The van der Waals surface area contributed by atoms with Gasteiger partial charge in [-0.05, 0) is 149 Å². The standard InChI is InChI=1S/C27H33BClNO5.C20H25BClNO3.C7H10O3.ClH/c1-26(2)15-10-21(26)27(3)22(11-15)34-28(35-27)23(30-25(31)18-12-16-7-8-20(18)33-16)9-14-13-32-24-17(14)5-4-6-19(24)29;1-19(2)12-8-15(19)20(3)16(9-12)25-21(26-20)17(23)7-11-10-24-18-13(11)5-4-6-14(18)22;8-7(9)5-3-4-1-2-6(5)10-4;/h4-6,13,15-16,18,20-23H,7-12H2,1-3H3,(H,30,31);4-6,10,12,15-17H,7-9,23H2,1-3H3;4-6H,1-3H2,(H,8,9);1H/t15-,16+,18+,20-,21-,22+,23-,27-;12-,15-,16+,17-,20-;4-,5-,6+;/m001./s1. The average Bonchev–Trinajstić information content (AvgIpc) is 4.21. The molecule has 2 aromatic carbocycles. The molecule has 8 heterocycles. The van der Waals surface area contributed by atoms with Crippen LogP contribution in [0.1, 0.15) is 117 Å². The summed E-state index contributed by atoms with van der Waals surface area (Å²) in [4.78, 5) is 24.0. The molecule has 6 aliphatic carbocycles. The first-order chi connectivity index (χ1) is 33.8. The molecular weight excluding hydrogens is 981 g/mol. The number of benzene rings is 2. The molecule has 0 spiro atoms. The van der Waals surface area contributed by atoms with Crippen molar-refractivity contribution in [3.63, 3.8) is 0 Å². The summed E-state index contributed by atoms with van der Waals surface area (Å²) < 4.78 is 49.0. The van der Waals surface area contributed by atoms with Gasteiger partial charge in [0, 0.05) is 16.7 Å². The largest absolute Gasteiger partial charge is 0.482 e. The SMILES string of the molecule is CC1(C)[C@@H]2C[C@H]3OB([C@@H](N)Cc4coc5c(Cl)cccc45)O[C@@]3(C)[C@H]1C2.CC1(C)[C@@H]2C[C@H]3OB([C@H](Cc4coc5c(Cl)cccc45)NC(=O)[C@@H]4C[C@H]5CC[C@@H]4O5)O[C@@]3(C)[C@H]1C2.Cl.O=C(O)[C@@H]1C[C@H]2CC[C@@H]1O2. The van der Waals surface area contributed by atoms with Crippen molar-refractivity contribution in [2.24, 2.45) is 52.1 Å². The molecule has 12 fully saturated rings. The second kappa shape index (κ2) is 18.7. The van der Waals surface area contributed by atoms with Gasteiger partial charge < -0.3 is 53.1 Å². The number of para-hydroxylation sites is 2. The fourth-order valence-electron chi connectivity index (χ4n) is 15.5. The van der Waals surface area contributed by atoms with Crippen LogP contribution in [0.25, 0.3) is 21.9 Å². The number of nitrogens with one attached hydrogen (secondary N) is 1. The quantitative estimate of drug-likeness (QED) is 0.136. The van der Waals surface area contributed by atoms with E-state index in [1.807, 2.05) is 36.4 Å². The van der Waals surface area contributed by atoms with Crippen LogP contribution in [0.5, 0.6) is 0 Å². The molecule has 0 radical (unpaired) electrons. The summed E-state index contributed by atoms with van der Waals surface area (Å²) >= 11 is 12.6. The van der Waals surface area contributed by atoms with Gasteiger partial charge in [0.1, 0.15) is 0 Å². The number of carboxylic acid groups (broad SMARTS) is 1. The van der Waals surface area contributed by atoms with Crippen molar-refractivity contribution in [3.8, 4) is 0 Å². The maximum atomic E-state index is 13.5. The van der Waals surface area contributed by atoms with E-state index >= 15 is 0 Å². The Bertz CT molecular complexity index is 2720. The van der Waals surface area contributed by atoms with E-state index in [2.05, 4.69) is 46.9 Å². The van der Waals surface area contributed by atoms with Crippen molar-refractivity contribution < 1.29 is 51.6 Å². The van der Waals surface area contributed by atoms with Gasteiger partial charge >= 0.3 is 20.2 Å². The third kappa shape index (κ3) is 8.40. The molecule has 16 rings (SSSR count). The highest BCUT2D eigenvalue weighted by Gasteiger charge is 2.70. The number of hydrogen-bond acceptors (Lipinski definition) is 11. The van der Waals surface area contributed by atoms with Gasteiger partial charge in [0.25, 0.3) is 0 Å². The molecule has 2 aromatic heterocycles. The second-order valence-electron chi connectivity index (χ2n) is 24.4. The van der Waals surface area contributed by atoms with E-state index in [4.69, 9.17) is 71.0 Å². The summed E-state index contributed by atoms with van der Waals surface area (Å²) in [5.74, 6) is 0.906. The number of carboxylic acids is 1. The lowest BCUT2D eigenvalue weighted by Crippen LogP contribution is -2.65. The Balaban J connectivity index is 0.000000132. The summed E-state index contributed by atoms with van der Waals surface area (Å²) in [6.07, 6.45) is 15.6. The van der Waals surface area contributed by atoms with Crippen molar-refractivity contribution in [1.82, 2.24) is 5.32 Å². The second-order valence-corrected chi connectivity index (χ2v) is 25.2. The van der Waals surface area contributed by atoms with Crippen molar-refractivity contribution in [2.45, 2.75) is 178 Å². The molecule has 1 amide bonds. The number of fused-ring (bicyclic) bond motifs is 6. The van der Waals surface area contributed by atoms with E-state index in [1.54, 1.807) is 12.5 Å². The number of amides is 1. The number of aliphatic carboxylic acids is 1. The molecule has 13 nitrogen and oxygen atoms in total. The molecule has 4 aromatic rings. The Morgan fingerprint density at radius 3 is 1.64 bits per heavy atom. The molecule has 12 aliphatic rings. The van der Waals surface area contributed by atoms with Crippen LogP contribution in [0.2, 0.25) is 10.0 Å². The van der Waals surface area contributed by atoms with Gasteiger partial charge in [0.05, 0.1) is 88.2 Å². The van der Waals surface area contributed by atoms with Crippen molar-refractivity contribution in [3.05, 3.63) is 70.1 Å². The smallest absolute Gasteiger partial charge is 0.481 e. The first-order valence-electron chi connectivity index (χ1n) is 26.4. The van der Waals surface area contributed by atoms with Crippen LogP contribution >= 0.6 is 35.6 Å². The predicted octanol–water partition coefficient (Wildman–Crippen LogP) is 10.2. The summed E-state index contributed by atoms with van der Waals surface area (Å²) in [5, 5.41) is 15.2. The van der Waals surface area contributed by atoms with Gasteiger partial charge in [-0.1, -0.05) is 75.2 Å². The molecule has 16 atom stereocenters. The normalized spacial score (nSPS) is 38.3. The van der Waals surface area contributed by atoms with Gasteiger partial charge in [-0.25, -0.2) is 0 Å². The third-order valence-corrected chi connectivity index (χ3v) is 20.6. The summed E-state index contributed by atoms with van der Waals surface area (Å²) in [5.41, 5.74) is 10.00. The Morgan fingerprint density at radius 2 is 1.18 bits per heavy atom. The molecule has 4 N–H and O–H groups in total. The zero-order valence-corrected chi connectivity index (χ0v) is 44.4. The predicted molar refractivity (Wildman–Crippen MR) is 277 cm³/mol. The van der Waals surface area contributed by atoms with E-state index in [9.17, 15) is 9.59 Å². The molecule has 72 heavy (non-hydrogen) atoms. The van der Waals surface area contributed by atoms with E-state index in [0.717, 1.165) is 79.2 Å². The van der Waals surface area contributed by atoms with Crippen molar-refractivity contribution in [1.29, 1.82) is 0 Å². The van der Waals surface area contributed by atoms with Gasteiger partial charge in [-0.15, -0.1) is 12.4 Å². The summed E-state index contributed by atoms with van der Waals surface area (Å²) in [7, 11) is -0.878. The summed E-state index contributed by atoms with van der Waals surface area (Å²) in [6, 6.07) is 11.5. The lowest BCUT2D eigenvalue weighted by molar-refractivity contribution is -0.199. The Kier molecular flexibility index (Phi) is 13.3. The fraction of sp³-hybridized carbons (Fsp3) is 0.667. The molecule has 8 bridgehead atoms. The van der Waals surface area contributed by atoms with E-state index in [-0.39, 0.29) is 102 Å². The molecule has 6 saturated heterocycles. The van der Waals surface area contributed by atoms with E-state index in [1.165, 1.54) is 12.8 Å². The zero-order chi connectivity index (χ0) is 49.5. The highest BCUT2D eigenvalue weighted by Crippen LogP contribution is 2.67. The average molecular weight is 1050 g/mol. The van der Waals surface area contributed by atoms with E-state index < -0.39 is 13.1 Å². The molecule has 18 heteroatoms. The van der Waals surface area contributed by atoms with Crippen LogP contribution in [0.15, 0.2) is 57.8 Å². The Labute approximate surface area is 438 Å². The molecular formula is C54H69B2Cl3N2O11. The topological polar surface area (TPSA) is 174 Å². The number of nitrogens with two attached hydrogens (primary N) is 1. The first-order valence-corrected chi connectivity index (χ1v) is 27.1. The number of carbonyl (C=O) groups excluding carboxylic acids is 1. The molecule has 0 unspecified atom stereocenters. The van der Waals surface area contributed by atoms with E-state index in [0.29, 0.717) is 57.2 Å². The Hall–Kier alpha value is -2.82. The molecule has 6 saturated carbocycles. The number of furan rings is 2. The number of rotatable bonds is 9. The minimum absolute atomic E-state index is 0. The van der Waals surface area contributed by atoms with Gasteiger partial charge in [-0.2, -0.15) is 0 Å². The number of carbonyl (C=O) groups is 2. The minimum atomic E-state index is -0.688. The number of ether oxygens (including phenoxy) is 2. The van der Waals surface area contributed by atoms with Gasteiger partial charge in [-0.3, -0.25) is 9.59 Å². The summed E-state index contributed by atoms with van der Waals surface area (Å²) in [6.45, 7) is 13.9. The first kappa shape index (κ1) is 51.3. The number of hydrogen-bond donors (Lipinski definition) is 3. The van der Waals surface area contributed by atoms with Crippen LogP contribution in [-0.2, 0) is 50.5 Å². The lowest BCUT2D eigenvalue weighted by atomic mass is 9.43. The monoisotopic (exact) mass is 1050 g/mol. The third-order valence-electron chi connectivity index (χ3n) is 20.0. The van der Waals surface area contributed by atoms with Gasteiger partial charge in [0.15, 0.2) is 11.2 Å². The van der Waals surface area contributed by atoms with Crippen LogP contribution in [0.3, 0.4) is 0 Å². The minimum Gasteiger partial charge on any atom is -0.481 e. The molecule has 6 aliphatic heterocycles. The van der Waals surface area contributed by atoms with Crippen LogP contribution in [0.4, 0.5) is 0 Å². The highest BCUT2D eigenvalue weighted by atomic mass is 35.5. The highest BCUT2D eigenvalue weighted by molar-refractivity contribution is 6.48. The van der Waals surface area contributed by atoms with Gasteiger partial charge in [0.2, 0.25) is 5.91 Å². The fourth-order valence-corrected chi connectivity index (χ4v) is 16.0. The maximum Gasteiger partial charge on any atom is 0.482 e. The van der Waals surface area contributed by atoms with Crippen LogP contribution in [0, 0.1) is 46.3 Å². The van der Waals surface area contributed by atoms with Crippen LogP contribution < -0.4 is 11.1 Å². The number of halogens is 3. The van der Waals surface area contributed by atoms with Crippen molar-refractivity contribution in [2.75, 3.05) is 0 Å². The Morgan fingerprint density at radius 1 is 0.694 bits per heavy atom. The van der Waals surface area contributed by atoms with Crippen LogP contribution in [-0.4, -0.2) is 90.9 Å². The maximum absolute atomic E-state index is 13.5. The zero-order valence-electron chi connectivity index (χ0n) is 42.1.